The van der Waals surface area contributed by atoms with Crippen LogP contribution in [0.1, 0.15) is 132 Å². The number of ketones is 4. The zero-order valence-electron chi connectivity index (χ0n) is 28.2. The summed E-state index contributed by atoms with van der Waals surface area (Å²) >= 11 is 0. The first-order chi connectivity index (χ1) is 20.5. The van der Waals surface area contributed by atoms with Gasteiger partial charge in [-0.15, -0.1) is 0 Å². The molecule has 0 aromatic carbocycles. The molecule has 0 spiro atoms. The average Bonchev–Trinajstić information content (AvgIpc) is 2.91. The summed E-state index contributed by atoms with van der Waals surface area (Å²) in [6.45, 7) is 15.0. The third-order valence-corrected chi connectivity index (χ3v) is 7.04. The van der Waals surface area contributed by atoms with E-state index in [4.69, 9.17) is 0 Å². The van der Waals surface area contributed by atoms with Crippen LogP contribution in [0, 0.1) is 23.7 Å². The van der Waals surface area contributed by atoms with Gasteiger partial charge in [-0.05, 0) is 51.4 Å². The Hall–Kier alpha value is -2.56. The van der Waals surface area contributed by atoms with Gasteiger partial charge in [0.1, 0.15) is 23.1 Å². The topological polar surface area (TPSA) is 229 Å². The minimum atomic E-state index is -1.28. The summed E-state index contributed by atoms with van der Waals surface area (Å²) in [5.74, 6) is -6.37. The van der Waals surface area contributed by atoms with Gasteiger partial charge in [-0.3, -0.25) is 19.2 Å². The molecule has 0 N–H and O–H groups in total. The quantitative estimate of drug-likeness (QED) is 0.157. The number of carboxylic acid groups (broad SMARTS) is 4. The monoisotopic (exact) mass is 718 g/mol. The molecule has 0 rings (SSSR count). The zero-order valence-corrected chi connectivity index (χ0v) is 30.7. The molecule has 0 atom stereocenters. The molecule has 12 nitrogen and oxygen atoms in total. The Kier molecular flexibility index (Phi) is 37.9. The maximum Gasteiger partial charge on any atom is 4.00 e. The van der Waals surface area contributed by atoms with Crippen molar-refractivity contribution in [2.24, 2.45) is 23.7 Å². The van der Waals surface area contributed by atoms with Gasteiger partial charge in [0.25, 0.3) is 0 Å². The number of rotatable bonds is 20. The normalized spacial score (nSPS) is 9.87. The molecular formula is C32H52O12Zr. The molecule has 0 unspecified atom stereocenters. The Balaban J connectivity index is -0.000000157. The van der Waals surface area contributed by atoms with Gasteiger partial charge in [0, 0.05) is 73.2 Å². The summed E-state index contributed by atoms with van der Waals surface area (Å²) in [5, 5.41) is 40.1. The van der Waals surface area contributed by atoms with Crippen molar-refractivity contribution >= 4 is 47.0 Å². The van der Waals surface area contributed by atoms with Crippen molar-refractivity contribution in [1.29, 1.82) is 0 Å². The van der Waals surface area contributed by atoms with E-state index >= 15 is 0 Å². The third-order valence-electron chi connectivity index (χ3n) is 7.04. The van der Waals surface area contributed by atoms with Gasteiger partial charge >= 0.3 is 26.2 Å². The molecule has 45 heavy (non-hydrogen) atoms. The predicted octanol–water partition coefficient (Wildman–Crippen LogP) is 0.524. The number of hydrogen-bond donors (Lipinski definition) is 0. The Bertz CT molecular complexity index is 741. The van der Waals surface area contributed by atoms with E-state index < -0.39 is 49.6 Å². The molecule has 0 aliphatic rings. The molecule has 0 amide bonds. The Morgan fingerprint density at radius 2 is 0.444 bits per heavy atom. The summed E-state index contributed by atoms with van der Waals surface area (Å²) in [5.41, 5.74) is 0. The molecule has 0 saturated heterocycles. The van der Waals surface area contributed by atoms with Crippen LogP contribution in [0.5, 0.6) is 0 Å². The summed E-state index contributed by atoms with van der Waals surface area (Å²) in [7, 11) is 0. The molecule has 0 aromatic heterocycles. The summed E-state index contributed by atoms with van der Waals surface area (Å²) in [6.07, 6.45) is 3.93. The van der Waals surface area contributed by atoms with Gasteiger partial charge in [0.2, 0.25) is 0 Å². The molecule has 0 bridgehead atoms. The molecule has 0 aliphatic carbocycles. The van der Waals surface area contributed by atoms with Crippen molar-refractivity contribution in [1.82, 2.24) is 0 Å². The van der Waals surface area contributed by atoms with Crippen molar-refractivity contribution in [3.8, 4) is 0 Å². The van der Waals surface area contributed by atoms with E-state index in [9.17, 15) is 58.8 Å². The van der Waals surface area contributed by atoms with Gasteiger partial charge in [0.05, 0.1) is 0 Å². The molecule has 0 saturated carbocycles. The van der Waals surface area contributed by atoms with Crippen molar-refractivity contribution in [3.05, 3.63) is 0 Å². The second kappa shape index (κ2) is 32.8. The maximum atomic E-state index is 11.0. The molecule has 13 heteroatoms. The number of Topliss-reactive ketones (excluding diaryl/α,β-unsaturated/α-hetero) is 4. The van der Waals surface area contributed by atoms with E-state index in [1.165, 1.54) is 0 Å². The van der Waals surface area contributed by atoms with Crippen molar-refractivity contribution in [2.45, 2.75) is 132 Å². The fourth-order valence-electron chi connectivity index (χ4n) is 4.12. The largest absolute Gasteiger partial charge is 4.00 e. The maximum absolute atomic E-state index is 11.0. The second-order valence-corrected chi connectivity index (χ2v) is 10.1. The second-order valence-electron chi connectivity index (χ2n) is 10.1. The standard InChI is InChI=1S/4C8H14O3.Zr/c4*1-3-6(4-2)7(9)5-8(10)11;/h4*6H,3-5H2,1-2H3,(H,10,11);/q;;;;+4/p-4. The molecular weight excluding hydrogens is 668 g/mol. The van der Waals surface area contributed by atoms with E-state index in [1.807, 2.05) is 55.4 Å². The first-order valence-electron chi connectivity index (χ1n) is 15.4. The SMILES string of the molecule is CCC(CC)C(=O)CC(=O)[O-].CCC(CC)C(=O)CC(=O)[O-].CCC(CC)C(=O)CC(=O)[O-].CCC(CC)C(=O)CC(=O)[O-].[Zr+4]. The van der Waals surface area contributed by atoms with E-state index in [0.717, 1.165) is 0 Å². The van der Waals surface area contributed by atoms with Crippen LogP contribution in [0.25, 0.3) is 0 Å². The van der Waals surface area contributed by atoms with E-state index in [0.29, 0.717) is 51.4 Å². The summed E-state index contributed by atoms with van der Waals surface area (Å²) < 4.78 is 0. The van der Waals surface area contributed by atoms with Crippen molar-refractivity contribution in [2.75, 3.05) is 0 Å². The number of hydrogen-bond acceptors (Lipinski definition) is 12. The minimum absolute atomic E-state index is 0. The Labute approximate surface area is 287 Å². The smallest absolute Gasteiger partial charge is 0.550 e. The first kappa shape index (κ1) is 52.0. The molecule has 0 aliphatic heterocycles. The number of carboxylic acids is 4. The minimum Gasteiger partial charge on any atom is -0.550 e. The summed E-state index contributed by atoms with van der Waals surface area (Å²) in [4.78, 5) is 84.0. The van der Waals surface area contributed by atoms with Crippen LogP contribution in [0.15, 0.2) is 0 Å². The van der Waals surface area contributed by atoms with Crippen LogP contribution in [0.3, 0.4) is 0 Å². The van der Waals surface area contributed by atoms with Crippen LogP contribution < -0.4 is 20.4 Å². The van der Waals surface area contributed by atoms with Gasteiger partial charge in [-0.2, -0.15) is 0 Å². The summed E-state index contributed by atoms with van der Waals surface area (Å²) in [6, 6.07) is 0. The fraction of sp³-hybridized carbons (Fsp3) is 0.750. The predicted molar refractivity (Wildman–Crippen MR) is 155 cm³/mol. The zero-order chi connectivity index (χ0) is 35.4. The van der Waals surface area contributed by atoms with Crippen molar-refractivity contribution < 1.29 is 85.0 Å². The number of carbonyl (C=O) groups is 8. The van der Waals surface area contributed by atoms with E-state index in [2.05, 4.69) is 0 Å². The Morgan fingerprint density at radius 1 is 0.333 bits per heavy atom. The average molecular weight is 720 g/mol. The van der Waals surface area contributed by atoms with Gasteiger partial charge in [-0.25, -0.2) is 0 Å². The molecule has 0 aromatic rings. The Morgan fingerprint density at radius 3 is 0.511 bits per heavy atom. The van der Waals surface area contributed by atoms with Gasteiger partial charge in [0.15, 0.2) is 0 Å². The van der Waals surface area contributed by atoms with Crippen molar-refractivity contribution in [3.63, 3.8) is 0 Å². The number of aliphatic carboxylic acids is 4. The number of carbonyl (C=O) groups excluding carboxylic acids is 8. The van der Waals surface area contributed by atoms with Crippen LogP contribution >= 0.6 is 0 Å². The fourth-order valence-corrected chi connectivity index (χ4v) is 4.12. The molecule has 0 fully saturated rings. The van der Waals surface area contributed by atoms with Gasteiger partial charge < -0.3 is 39.6 Å². The van der Waals surface area contributed by atoms with Crippen LogP contribution in [0.4, 0.5) is 0 Å². The first-order valence-corrected chi connectivity index (χ1v) is 15.4. The van der Waals surface area contributed by atoms with Crippen LogP contribution in [0.2, 0.25) is 0 Å². The molecule has 256 valence electrons. The third kappa shape index (κ3) is 31.2. The van der Waals surface area contributed by atoms with Crippen LogP contribution in [-0.2, 0) is 64.6 Å². The molecule has 0 heterocycles. The van der Waals surface area contributed by atoms with E-state index in [1.54, 1.807) is 0 Å². The molecule has 0 radical (unpaired) electrons. The van der Waals surface area contributed by atoms with Crippen LogP contribution in [-0.4, -0.2) is 47.0 Å². The van der Waals surface area contributed by atoms with Gasteiger partial charge in [-0.1, -0.05) is 55.4 Å². The van der Waals surface area contributed by atoms with E-state index in [-0.39, 0.29) is 73.0 Å².